The summed E-state index contributed by atoms with van der Waals surface area (Å²) >= 11 is 0. The van der Waals surface area contributed by atoms with Crippen LogP contribution in [0.3, 0.4) is 0 Å². The van der Waals surface area contributed by atoms with Gasteiger partial charge in [-0.25, -0.2) is 4.79 Å². The first kappa shape index (κ1) is 23.5. The van der Waals surface area contributed by atoms with Gasteiger partial charge in [0.05, 0.1) is 0 Å². The Balaban J connectivity index is 2.44. The van der Waals surface area contributed by atoms with Gasteiger partial charge in [-0.1, -0.05) is 26.0 Å². The topological polar surface area (TPSA) is 96.5 Å². The van der Waals surface area contributed by atoms with Crippen LogP contribution in [0.1, 0.15) is 59.4 Å². The fourth-order valence-electron chi connectivity index (χ4n) is 2.57. The van der Waals surface area contributed by atoms with Crippen LogP contribution in [0.15, 0.2) is 24.3 Å². The Labute approximate surface area is 167 Å². The number of ether oxygens (including phenoxy) is 1. The van der Waals surface area contributed by atoms with Gasteiger partial charge in [0, 0.05) is 31.1 Å². The maximum Gasteiger partial charge on any atom is 0.407 e. The molecule has 0 saturated carbocycles. The molecule has 0 spiro atoms. The molecule has 0 radical (unpaired) electrons. The molecule has 7 heteroatoms. The third kappa shape index (κ3) is 9.39. The van der Waals surface area contributed by atoms with E-state index in [4.69, 9.17) is 4.74 Å². The molecule has 1 rings (SSSR count). The molecule has 0 aliphatic rings. The third-order valence-corrected chi connectivity index (χ3v) is 4.05. The lowest BCUT2D eigenvalue weighted by molar-refractivity contribution is -0.125. The van der Waals surface area contributed by atoms with Crippen molar-refractivity contribution >= 4 is 23.6 Å². The van der Waals surface area contributed by atoms with Crippen LogP contribution in [0.5, 0.6) is 0 Å². The fraction of sp³-hybridized carbons (Fsp3) is 0.571. The smallest absolute Gasteiger partial charge is 0.407 e. The molecule has 28 heavy (non-hydrogen) atoms. The minimum Gasteiger partial charge on any atom is -0.444 e. The summed E-state index contributed by atoms with van der Waals surface area (Å²) in [5, 5.41) is 8.28. The maximum atomic E-state index is 12.1. The van der Waals surface area contributed by atoms with Crippen molar-refractivity contribution in [3.8, 4) is 0 Å². The molecule has 0 unspecified atom stereocenters. The summed E-state index contributed by atoms with van der Waals surface area (Å²) in [6.07, 6.45) is 1.22. The quantitative estimate of drug-likeness (QED) is 0.599. The highest BCUT2D eigenvalue weighted by Crippen LogP contribution is 2.12. The van der Waals surface area contributed by atoms with Crippen LogP contribution in [0.2, 0.25) is 0 Å². The van der Waals surface area contributed by atoms with Crippen LogP contribution in [-0.2, 0) is 20.9 Å². The van der Waals surface area contributed by atoms with E-state index in [0.717, 1.165) is 18.4 Å². The molecule has 0 heterocycles. The van der Waals surface area contributed by atoms with E-state index in [9.17, 15) is 14.4 Å². The number of carbonyl (C=O) groups is 3. The Bertz CT molecular complexity index is 664. The molecule has 1 aromatic rings. The lowest BCUT2D eigenvalue weighted by atomic mass is 10.0. The predicted molar refractivity (Wildman–Crippen MR) is 110 cm³/mol. The van der Waals surface area contributed by atoms with Gasteiger partial charge in [0.25, 0.3) is 0 Å². The van der Waals surface area contributed by atoms with E-state index in [1.807, 2.05) is 32.0 Å². The van der Waals surface area contributed by atoms with E-state index < -0.39 is 11.7 Å². The molecule has 0 bridgehead atoms. The van der Waals surface area contributed by atoms with Crippen molar-refractivity contribution < 1.29 is 19.1 Å². The van der Waals surface area contributed by atoms with Gasteiger partial charge < -0.3 is 20.7 Å². The van der Waals surface area contributed by atoms with Crippen molar-refractivity contribution in [3.05, 3.63) is 29.8 Å². The number of anilines is 1. The second kappa shape index (κ2) is 11.3. The van der Waals surface area contributed by atoms with Crippen molar-refractivity contribution in [2.24, 2.45) is 5.92 Å². The van der Waals surface area contributed by atoms with Crippen molar-refractivity contribution in [1.82, 2.24) is 10.6 Å². The summed E-state index contributed by atoms with van der Waals surface area (Å²) in [6, 6.07) is 7.33. The zero-order chi connectivity index (χ0) is 21.2. The number of hydrogen-bond donors (Lipinski definition) is 3. The van der Waals surface area contributed by atoms with Gasteiger partial charge in [-0.05, 0) is 51.3 Å². The van der Waals surface area contributed by atoms with Gasteiger partial charge in [-0.2, -0.15) is 0 Å². The lowest BCUT2D eigenvalue weighted by Gasteiger charge is -2.19. The Morgan fingerprint density at radius 3 is 2.36 bits per heavy atom. The first-order chi connectivity index (χ1) is 13.1. The Hall–Kier alpha value is -2.57. The summed E-state index contributed by atoms with van der Waals surface area (Å²) < 4.78 is 5.12. The molecule has 3 N–H and O–H groups in total. The van der Waals surface area contributed by atoms with Crippen LogP contribution < -0.4 is 16.0 Å². The minimum atomic E-state index is -0.573. The van der Waals surface area contributed by atoms with Crippen LogP contribution in [-0.4, -0.2) is 30.1 Å². The van der Waals surface area contributed by atoms with Crippen LogP contribution in [0, 0.1) is 5.92 Å². The van der Waals surface area contributed by atoms with E-state index in [2.05, 4.69) is 16.0 Å². The third-order valence-electron chi connectivity index (χ3n) is 4.05. The number of carbonyl (C=O) groups excluding carboxylic acids is 3. The predicted octanol–water partition coefficient (Wildman–Crippen LogP) is 3.59. The molecule has 7 nitrogen and oxygen atoms in total. The van der Waals surface area contributed by atoms with Gasteiger partial charge in [0.2, 0.25) is 11.8 Å². The van der Waals surface area contributed by atoms with Gasteiger partial charge in [-0.15, -0.1) is 0 Å². The molecule has 0 aliphatic carbocycles. The van der Waals surface area contributed by atoms with E-state index in [-0.39, 0.29) is 30.7 Å². The summed E-state index contributed by atoms with van der Waals surface area (Å²) in [7, 11) is 0. The normalized spacial score (nSPS) is 11.1. The van der Waals surface area contributed by atoms with Crippen molar-refractivity contribution in [3.63, 3.8) is 0 Å². The highest BCUT2D eigenvalue weighted by Gasteiger charge is 2.16. The molecule has 3 amide bonds. The largest absolute Gasteiger partial charge is 0.444 e. The Morgan fingerprint density at radius 2 is 1.75 bits per heavy atom. The summed E-state index contributed by atoms with van der Waals surface area (Å²) in [4.78, 5) is 35.7. The van der Waals surface area contributed by atoms with E-state index in [1.165, 1.54) is 0 Å². The molecule has 0 atom stereocenters. The number of amides is 3. The average molecular weight is 392 g/mol. The summed E-state index contributed by atoms with van der Waals surface area (Å²) in [6.45, 7) is 9.94. The minimum absolute atomic E-state index is 0.0281. The number of benzene rings is 1. The van der Waals surface area contributed by atoms with Gasteiger partial charge in [-0.3, -0.25) is 9.59 Å². The van der Waals surface area contributed by atoms with Crippen LogP contribution in [0.25, 0.3) is 0 Å². The number of hydrogen-bond acceptors (Lipinski definition) is 4. The van der Waals surface area contributed by atoms with Gasteiger partial charge >= 0.3 is 6.09 Å². The number of rotatable bonds is 9. The fourth-order valence-corrected chi connectivity index (χ4v) is 2.57. The number of nitrogens with one attached hydrogen (secondary N) is 3. The molecule has 0 saturated heterocycles. The molecule has 0 aromatic heterocycles. The molecule has 0 aliphatic heterocycles. The van der Waals surface area contributed by atoms with Crippen molar-refractivity contribution in [2.75, 3.05) is 11.9 Å². The second-order valence-corrected chi connectivity index (χ2v) is 7.66. The first-order valence-electron chi connectivity index (χ1n) is 9.78. The zero-order valence-electron chi connectivity index (χ0n) is 17.6. The van der Waals surface area contributed by atoms with E-state index >= 15 is 0 Å². The molecular formula is C21H33N3O4. The Kier molecular flexibility index (Phi) is 9.48. The van der Waals surface area contributed by atoms with Crippen molar-refractivity contribution in [2.45, 2.75) is 66.0 Å². The van der Waals surface area contributed by atoms with Crippen LogP contribution >= 0.6 is 0 Å². The Morgan fingerprint density at radius 1 is 1.07 bits per heavy atom. The van der Waals surface area contributed by atoms with Crippen molar-refractivity contribution in [1.29, 1.82) is 0 Å². The summed E-state index contributed by atoms with van der Waals surface area (Å²) in [5.74, 6) is -0.137. The average Bonchev–Trinajstić information content (AvgIpc) is 2.59. The molecular weight excluding hydrogens is 358 g/mol. The van der Waals surface area contributed by atoms with Gasteiger partial charge in [0.15, 0.2) is 0 Å². The van der Waals surface area contributed by atoms with E-state index in [1.54, 1.807) is 26.8 Å². The molecule has 156 valence electrons. The molecule has 0 fully saturated rings. The summed E-state index contributed by atoms with van der Waals surface area (Å²) in [5.41, 5.74) is 0.983. The maximum absolute atomic E-state index is 12.1. The highest BCUT2D eigenvalue weighted by molar-refractivity contribution is 5.91. The zero-order valence-corrected chi connectivity index (χ0v) is 17.6. The monoisotopic (exact) mass is 391 g/mol. The second-order valence-electron chi connectivity index (χ2n) is 7.66. The van der Waals surface area contributed by atoms with Crippen LogP contribution in [0.4, 0.5) is 10.5 Å². The number of alkyl carbamates (subject to hydrolysis) is 1. The van der Waals surface area contributed by atoms with Gasteiger partial charge in [0.1, 0.15) is 5.60 Å². The molecule has 1 aromatic carbocycles. The highest BCUT2D eigenvalue weighted by atomic mass is 16.6. The van der Waals surface area contributed by atoms with E-state index in [0.29, 0.717) is 12.2 Å². The standard InChI is InChI=1S/C21H33N3O4/c1-6-16(7-2)19(26)23-14-15-9-8-10-17(13-15)24-18(25)11-12-22-20(27)28-21(3,4)5/h8-10,13,16H,6-7,11-12,14H2,1-5H3,(H,22,27)(H,23,26)(H,24,25). The first-order valence-corrected chi connectivity index (χ1v) is 9.78. The SMILES string of the molecule is CCC(CC)C(=O)NCc1cccc(NC(=O)CCNC(=O)OC(C)(C)C)c1. The lowest BCUT2D eigenvalue weighted by Crippen LogP contribution is -2.34.